The Morgan fingerprint density at radius 1 is 1.18 bits per heavy atom. The summed E-state index contributed by atoms with van der Waals surface area (Å²) in [6.45, 7) is 0. The molecule has 0 unspecified atom stereocenters. The zero-order valence-electron chi connectivity index (χ0n) is 9.10. The van der Waals surface area contributed by atoms with E-state index >= 15 is 0 Å². The molecule has 0 atom stereocenters. The molecule has 1 N–H and O–H groups in total. The predicted molar refractivity (Wildman–Crippen MR) is 70.1 cm³/mol. The molecule has 3 aromatic rings. The summed E-state index contributed by atoms with van der Waals surface area (Å²) >= 11 is 1.72. The van der Waals surface area contributed by atoms with E-state index in [2.05, 4.69) is 22.5 Å². The molecular formula is C14H10N2S. The second-order valence-corrected chi connectivity index (χ2v) is 4.92. The van der Waals surface area contributed by atoms with E-state index in [1.54, 1.807) is 11.3 Å². The zero-order chi connectivity index (χ0) is 11.7. The molecule has 17 heavy (non-hydrogen) atoms. The maximum Gasteiger partial charge on any atom is 0.102 e. The first-order chi connectivity index (χ1) is 8.38. The number of thiophene rings is 1. The predicted octanol–water partition coefficient (Wildman–Crippen LogP) is 3.69. The summed E-state index contributed by atoms with van der Waals surface area (Å²) in [5, 5.41) is 12.3. The fourth-order valence-electron chi connectivity index (χ4n) is 2.05. The third-order valence-electron chi connectivity index (χ3n) is 2.83. The number of aromatic nitrogens is 1. The van der Waals surface area contributed by atoms with Gasteiger partial charge in [0.2, 0.25) is 0 Å². The summed E-state index contributed by atoms with van der Waals surface area (Å²) in [5.74, 6) is 0. The van der Waals surface area contributed by atoms with Crippen molar-refractivity contribution < 1.29 is 0 Å². The average Bonchev–Trinajstić information content (AvgIpc) is 2.96. The van der Waals surface area contributed by atoms with Crippen molar-refractivity contribution in [3.63, 3.8) is 0 Å². The molecule has 0 spiro atoms. The molecule has 0 saturated carbocycles. The van der Waals surface area contributed by atoms with Crippen LogP contribution in [0.5, 0.6) is 0 Å². The number of hydrogen-bond acceptors (Lipinski definition) is 2. The van der Waals surface area contributed by atoms with Crippen LogP contribution in [0.2, 0.25) is 0 Å². The van der Waals surface area contributed by atoms with Crippen LogP contribution in [0.1, 0.15) is 16.1 Å². The van der Waals surface area contributed by atoms with Gasteiger partial charge in [-0.1, -0.05) is 24.3 Å². The van der Waals surface area contributed by atoms with Gasteiger partial charge in [-0.05, 0) is 17.5 Å². The highest BCUT2D eigenvalue weighted by molar-refractivity contribution is 7.09. The fraction of sp³-hybridized carbons (Fsp3) is 0.0714. The Morgan fingerprint density at radius 2 is 2.06 bits per heavy atom. The van der Waals surface area contributed by atoms with Gasteiger partial charge >= 0.3 is 0 Å². The quantitative estimate of drug-likeness (QED) is 0.726. The van der Waals surface area contributed by atoms with Gasteiger partial charge in [-0.3, -0.25) is 0 Å². The number of nitrogens with zero attached hydrogens (tertiary/aromatic N) is 1. The molecule has 3 rings (SSSR count). The molecule has 0 aliphatic heterocycles. The molecule has 0 aliphatic rings. The van der Waals surface area contributed by atoms with Gasteiger partial charge in [-0.2, -0.15) is 5.26 Å². The minimum atomic E-state index is 0.772. The lowest BCUT2D eigenvalue weighted by Gasteiger charge is -1.95. The highest BCUT2D eigenvalue weighted by Gasteiger charge is 2.11. The summed E-state index contributed by atoms with van der Waals surface area (Å²) in [5.41, 5.74) is 2.82. The van der Waals surface area contributed by atoms with Crippen molar-refractivity contribution in [2.75, 3.05) is 0 Å². The van der Waals surface area contributed by atoms with E-state index in [1.165, 1.54) is 4.88 Å². The SMILES string of the molecule is N#Cc1c(Cc2cccs2)[nH]c2ccccc12. The Hall–Kier alpha value is -2.05. The van der Waals surface area contributed by atoms with Crippen molar-refractivity contribution in [2.24, 2.45) is 0 Å². The van der Waals surface area contributed by atoms with Crippen LogP contribution in [0, 0.1) is 11.3 Å². The third-order valence-corrected chi connectivity index (χ3v) is 3.70. The summed E-state index contributed by atoms with van der Waals surface area (Å²) in [6, 6.07) is 14.4. The normalized spacial score (nSPS) is 10.5. The Morgan fingerprint density at radius 3 is 2.82 bits per heavy atom. The molecular weight excluding hydrogens is 228 g/mol. The van der Waals surface area contributed by atoms with E-state index in [0.29, 0.717) is 0 Å². The van der Waals surface area contributed by atoms with Crippen LogP contribution in [-0.4, -0.2) is 4.98 Å². The maximum atomic E-state index is 9.27. The molecule has 2 aromatic heterocycles. The van der Waals surface area contributed by atoms with Crippen LogP contribution >= 0.6 is 11.3 Å². The number of H-pyrrole nitrogens is 1. The minimum Gasteiger partial charge on any atom is -0.357 e. The largest absolute Gasteiger partial charge is 0.357 e. The van der Waals surface area contributed by atoms with E-state index in [-0.39, 0.29) is 0 Å². The molecule has 0 bridgehead atoms. The van der Waals surface area contributed by atoms with E-state index in [0.717, 1.165) is 28.6 Å². The van der Waals surface area contributed by atoms with Crippen LogP contribution in [0.4, 0.5) is 0 Å². The second kappa shape index (κ2) is 4.08. The minimum absolute atomic E-state index is 0.772. The summed E-state index contributed by atoms with van der Waals surface area (Å²) in [7, 11) is 0. The molecule has 82 valence electrons. The summed E-state index contributed by atoms with van der Waals surface area (Å²) < 4.78 is 0. The number of rotatable bonds is 2. The van der Waals surface area contributed by atoms with Crippen LogP contribution in [0.25, 0.3) is 10.9 Å². The maximum absolute atomic E-state index is 9.27. The number of para-hydroxylation sites is 1. The van der Waals surface area contributed by atoms with E-state index in [1.807, 2.05) is 30.3 Å². The molecule has 0 saturated heterocycles. The highest BCUT2D eigenvalue weighted by atomic mass is 32.1. The van der Waals surface area contributed by atoms with Gasteiger partial charge in [0, 0.05) is 27.9 Å². The van der Waals surface area contributed by atoms with Gasteiger partial charge in [-0.15, -0.1) is 11.3 Å². The van der Waals surface area contributed by atoms with Crippen molar-refractivity contribution in [2.45, 2.75) is 6.42 Å². The molecule has 0 aliphatic carbocycles. The van der Waals surface area contributed by atoms with Crippen molar-refractivity contribution in [1.29, 1.82) is 5.26 Å². The highest BCUT2D eigenvalue weighted by Crippen LogP contribution is 2.24. The van der Waals surface area contributed by atoms with Crippen LogP contribution < -0.4 is 0 Å². The fourth-order valence-corrected chi connectivity index (χ4v) is 2.76. The van der Waals surface area contributed by atoms with E-state index in [4.69, 9.17) is 0 Å². The van der Waals surface area contributed by atoms with Crippen molar-refractivity contribution >= 4 is 22.2 Å². The molecule has 3 heteroatoms. The number of hydrogen-bond donors (Lipinski definition) is 1. The van der Waals surface area contributed by atoms with Crippen molar-refractivity contribution in [3.8, 4) is 6.07 Å². The second-order valence-electron chi connectivity index (χ2n) is 3.89. The average molecular weight is 238 g/mol. The van der Waals surface area contributed by atoms with Crippen molar-refractivity contribution in [3.05, 3.63) is 57.9 Å². The zero-order valence-corrected chi connectivity index (χ0v) is 9.92. The lowest BCUT2D eigenvalue weighted by Crippen LogP contribution is -1.87. The van der Waals surface area contributed by atoms with Crippen molar-refractivity contribution in [1.82, 2.24) is 4.98 Å². The summed E-state index contributed by atoms with van der Waals surface area (Å²) in [4.78, 5) is 4.61. The molecule has 2 heterocycles. The van der Waals surface area contributed by atoms with Crippen LogP contribution in [0.15, 0.2) is 41.8 Å². The lowest BCUT2D eigenvalue weighted by molar-refractivity contribution is 1.14. The summed E-state index contributed by atoms with van der Waals surface area (Å²) in [6.07, 6.45) is 0.801. The van der Waals surface area contributed by atoms with Gasteiger partial charge in [0.25, 0.3) is 0 Å². The third kappa shape index (κ3) is 1.73. The van der Waals surface area contributed by atoms with Crippen LogP contribution in [0.3, 0.4) is 0 Å². The number of fused-ring (bicyclic) bond motifs is 1. The standard InChI is InChI=1S/C14H10N2S/c15-9-12-11-5-1-2-6-13(11)16-14(12)8-10-4-3-7-17-10/h1-7,16H,8H2. The van der Waals surface area contributed by atoms with Gasteiger partial charge < -0.3 is 4.98 Å². The molecule has 0 amide bonds. The van der Waals surface area contributed by atoms with E-state index in [9.17, 15) is 5.26 Å². The first-order valence-corrected chi connectivity index (χ1v) is 6.28. The lowest BCUT2D eigenvalue weighted by atomic mass is 10.1. The monoisotopic (exact) mass is 238 g/mol. The topological polar surface area (TPSA) is 39.6 Å². The number of nitriles is 1. The molecule has 0 fully saturated rings. The number of aromatic amines is 1. The Balaban J connectivity index is 2.13. The first-order valence-electron chi connectivity index (χ1n) is 5.40. The molecule has 2 nitrogen and oxygen atoms in total. The van der Waals surface area contributed by atoms with Gasteiger partial charge in [0.05, 0.1) is 5.56 Å². The number of nitrogens with one attached hydrogen (secondary N) is 1. The van der Waals surface area contributed by atoms with Crippen LogP contribution in [-0.2, 0) is 6.42 Å². The number of benzene rings is 1. The Kier molecular flexibility index (Phi) is 2.43. The molecule has 1 aromatic carbocycles. The van der Waals surface area contributed by atoms with Gasteiger partial charge in [0.15, 0.2) is 0 Å². The van der Waals surface area contributed by atoms with Gasteiger partial charge in [0.1, 0.15) is 6.07 Å². The smallest absolute Gasteiger partial charge is 0.102 e. The molecule has 0 radical (unpaired) electrons. The first kappa shape index (κ1) is 10.1. The van der Waals surface area contributed by atoms with E-state index < -0.39 is 0 Å². The Bertz CT molecular complexity index is 687. The Labute approximate surface area is 103 Å². The van der Waals surface area contributed by atoms with Gasteiger partial charge in [-0.25, -0.2) is 0 Å².